The minimum atomic E-state index is -2.41. The van der Waals surface area contributed by atoms with Crippen molar-refractivity contribution in [1.29, 1.82) is 0 Å². The van der Waals surface area contributed by atoms with Crippen LogP contribution in [0.25, 0.3) is 0 Å². The van der Waals surface area contributed by atoms with Crippen LogP contribution in [0.3, 0.4) is 0 Å². The molecule has 1 aromatic rings. The van der Waals surface area contributed by atoms with E-state index in [9.17, 15) is 14.7 Å². The summed E-state index contributed by atoms with van der Waals surface area (Å²) in [6.07, 6.45) is -1.92. The summed E-state index contributed by atoms with van der Waals surface area (Å²) in [5.74, 6) is -0.229. The second-order valence-corrected chi connectivity index (χ2v) is 14.3. The number of hydrogen-bond donors (Lipinski definition) is 1. The first-order chi connectivity index (χ1) is 15.3. The summed E-state index contributed by atoms with van der Waals surface area (Å²) in [7, 11) is -0.880. The third-order valence-electron chi connectivity index (χ3n) is 6.08. The number of esters is 2. The van der Waals surface area contributed by atoms with Gasteiger partial charge in [0.1, 0.15) is 12.4 Å². The highest BCUT2D eigenvalue weighted by atomic mass is 28.4. The van der Waals surface area contributed by atoms with Crippen LogP contribution in [-0.2, 0) is 23.5 Å². The van der Waals surface area contributed by atoms with Crippen molar-refractivity contribution < 1.29 is 42.8 Å². The lowest BCUT2D eigenvalue weighted by atomic mass is 9.90. The number of hydrogen-bond acceptors (Lipinski definition) is 9. The zero-order chi connectivity index (χ0) is 25.0. The predicted octanol–water partition coefficient (Wildman–Crippen LogP) is 3.59. The van der Waals surface area contributed by atoms with Gasteiger partial charge in [-0.1, -0.05) is 20.8 Å². The van der Waals surface area contributed by atoms with Crippen LogP contribution < -0.4 is 14.2 Å². The number of benzene rings is 1. The minimum Gasteiger partial charge on any atom is -0.496 e. The van der Waals surface area contributed by atoms with Crippen molar-refractivity contribution in [2.75, 3.05) is 27.1 Å². The van der Waals surface area contributed by atoms with Crippen LogP contribution >= 0.6 is 0 Å². The van der Waals surface area contributed by atoms with Gasteiger partial charge in [-0.2, -0.15) is 0 Å². The maximum absolute atomic E-state index is 11.6. The fourth-order valence-corrected chi connectivity index (χ4v) is 4.44. The van der Waals surface area contributed by atoms with E-state index < -0.39 is 38.4 Å². The maximum atomic E-state index is 11.6. The summed E-state index contributed by atoms with van der Waals surface area (Å²) in [6.45, 7) is 12.7. The summed E-state index contributed by atoms with van der Waals surface area (Å²) >= 11 is 0. The molecule has 1 aromatic carbocycles. The minimum absolute atomic E-state index is 0.0850. The van der Waals surface area contributed by atoms with Crippen LogP contribution in [-0.4, -0.2) is 58.6 Å². The van der Waals surface area contributed by atoms with Crippen LogP contribution in [0, 0.1) is 5.92 Å². The lowest BCUT2D eigenvalue weighted by Gasteiger charge is -2.42. The second-order valence-electron chi connectivity index (χ2n) is 9.58. The van der Waals surface area contributed by atoms with Gasteiger partial charge in [-0.15, -0.1) is 0 Å². The molecular formula is C23H36O9Si. The molecule has 9 nitrogen and oxygen atoms in total. The molecule has 33 heavy (non-hydrogen) atoms. The Kier molecular flexibility index (Phi) is 8.78. The molecule has 1 aliphatic heterocycles. The largest absolute Gasteiger partial charge is 0.496 e. The average molecular weight is 485 g/mol. The highest BCUT2D eigenvalue weighted by Gasteiger charge is 2.44. The van der Waals surface area contributed by atoms with E-state index in [2.05, 4.69) is 33.9 Å². The Bertz CT molecular complexity index is 847. The van der Waals surface area contributed by atoms with E-state index in [1.807, 2.05) is 0 Å². The summed E-state index contributed by atoms with van der Waals surface area (Å²) in [5, 5.41) is 10.9. The van der Waals surface area contributed by atoms with Gasteiger partial charge >= 0.3 is 11.9 Å². The van der Waals surface area contributed by atoms with Gasteiger partial charge in [0.2, 0.25) is 6.79 Å². The Morgan fingerprint density at radius 1 is 1.06 bits per heavy atom. The number of fused-ring (bicyclic) bond motifs is 1. The lowest BCUT2D eigenvalue weighted by molar-refractivity contribution is -0.152. The molecule has 1 N–H and O–H groups in total. The molecular weight excluding hydrogens is 448 g/mol. The van der Waals surface area contributed by atoms with Crippen LogP contribution in [0.5, 0.6) is 17.2 Å². The third kappa shape index (κ3) is 6.84. The van der Waals surface area contributed by atoms with Crippen molar-refractivity contribution in [2.24, 2.45) is 5.92 Å². The molecule has 1 aliphatic rings. The summed E-state index contributed by atoms with van der Waals surface area (Å²) in [6, 6.07) is 3.47. The van der Waals surface area contributed by atoms with E-state index in [4.69, 9.17) is 28.1 Å². The van der Waals surface area contributed by atoms with E-state index in [1.54, 1.807) is 12.1 Å². The Hall–Kier alpha value is -2.30. The molecule has 0 radical (unpaired) electrons. The standard InChI is InChI=1S/C23H36O9Si/c1-14(24)28-11-17(18(26)12-29-15(2)25)22(32-33(7,8)23(3,4)5)16-9-20-21(31-13-30-20)10-19(16)27-6/h9-10,17-18,22,26H,11-13H2,1-8H3/t17-,18+,22-/m0/s1. The Balaban J connectivity index is 2.59. The highest BCUT2D eigenvalue weighted by Crippen LogP contribution is 2.47. The molecule has 0 saturated carbocycles. The molecule has 0 aliphatic carbocycles. The molecule has 0 amide bonds. The van der Waals surface area contributed by atoms with Crippen LogP contribution in [0.15, 0.2) is 12.1 Å². The fourth-order valence-electron chi connectivity index (χ4n) is 3.15. The van der Waals surface area contributed by atoms with Crippen molar-refractivity contribution in [3.8, 4) is 17.2 Å². The average Bonchev–Trinajstić information content (AvgIpc) is 3.16. The summed E-state index contributed by atoms with van der Waals surface area (Å²) < 4.78 is 33.8. The van der Waals surface area contributed by atoms with Crippen molar-refractivity contribution >= 4 is 20.3 Å². The molecule has 0 aromatic heterocycles. The van der Waals surface area contributed by atoms with Crippen molar-refractivity contribution in [3.63, 3.8) is 0 Å². The molecule has 2 rings (SSSR count). The monoisotopic (exact) mass is 484 g/mol. The normalized spacial score (nSPS) is 16.0. The molecule has 0 saturated heterocycles. The quantitative estimate of drug-likeness (QED) is 0.393. The third-order valence-corrected chi connectivity index (χ3v) is 10.5. The number of aliphatic hydroxyl groups excluding tert-OH is 1. The Morgan fingerprint density at radius 3 is 2.12 bits per heavy atom. The Morgan fingerprint density at radius 2 is 1.61 bits per heavy atom. The van der Waals surface area contributed by atoms with Crippen LogP contribution in [0.2, 0.25) is 18.1 Å². The van der Waals surface area contributed by atoms with Gasteiger partial charge in [-0.3, -0.25) is 9.59 Å². The number of carbonyl (C=O) groups excluding carboxylic acids is 2. The first-order valence-corrected chi connectivity index (χ1v) is 13.8. The molecule has 0 spiro atoms. The Labute approximate surface area is 196 Å². The van der Waals surface area contributed by atoms with Gasteiger partial charge in [0.05, 0.1) is 31.8 Å². The summed E-state index contributed by atoms with van der Waals surface area (Å²) in [5.41, 5.74) is 0.616. The van der Waals surface area contributed by atoms with E-state index in [0.29, 0.717) is 22.8 Å². The number of methoxy groups -OCH3 is 1. The fraction of sp³-hybridized carbons (Fsp3) is 0.652. The zero-order valence-electron chi connectivity index (χ0n) is 20.7. The first-order valence-electron chi connectivity index (χ1n) is 10.9. The number of rotatable bonds is 10. The summed E-state index contributed by atoms with van der Waals surface area (Å²) in [4.78, 5) is 23.0. The maximum Gasteiger partial charge on any atom is 0.302 e. The van der Waals surface area contributed by atoms with Gasteiger partial charge in [0, 0.05) is 25.5 Å². The molecule has 1 heterocycles. The first kappa shape index (κ1) is 26.9. The van der Waals surface area contributed by atoms with Gasteiger partial charge in [-0.25, -0.2) is 0 Å². The van der Waals surface area contributed by atoms with E-state index in [0.717, 1.165) is 0 Å². The molecule has 3 atom stereocenters. The van der Waals surface area contributed by atoms with E-state index >= 15 is 0 Å². The second kappa shape index (κ2) is 10.7. The van der Waals surface area contributed by atoms with Crippen LogP contribution in [0.1, 0.15) is 46.3 Å². The van der Waals surface area contributed by atoms with Crippen molar-refractivity contribution in [2.45, 2.75) is 65.0 Å². The van der Waals surface area contributed by atoms with Gasteiger partial charge in [-0.05, 0) is 24.2 Å². The molecule has 0 unspecified atom stereocenters. The number of aliphatic hydroxyl groups is 1. The predicted molar refractivity (Wildman–Crippen MR) is 123 cm³/mol. The molecule has 0 fully saturated rings. The lowest BCUT2D eigenvalue weighted by Crippen LogP contribution is -2.46. The van der Waals surface area contributed by atoms with Gasteiger partial charge < -0.3 is 33.2 Å². The smallest absolute Gasteiger partial charge is 0.302 e. The number of carbonyl (C=O) groups is 2. The van der Waals surface area contributed by atoms with E-state index in [1.165, 1.54) is 21.0 Å². The molecule has 186 valence electrons. The number of ether oxygens (including phenoxy) is 5. The SMILES string of the molecule is COc1cc2c(cc1[C@H](O[Si](C)(C)C(C)(C)C)[C@@H](COC(C)=O)[C@H](O)COC(C)=O)OCO2. The van der Waals surface area contributed by atoms with Gasteiger partial charge in [0.25, 0.3) is 0 Å². The van der Waals surface area contributed by atoms with E-state index in [-0.39, 0.29) is 25.0 Å². The van der Waals surface area contributed by atoms with Crippen LogP contribution in [0.4, 0.5) is 0 Å². The highest BCUT2D eigenvalue weighted by molar-refractivity contribution is 6.74. The van der Waals surface area contributed by atoms with Crippen molar-refractivity contribution in [1.82, 2.24) is 0 Å². The molecule has 0 bridgehead atoms. The van der Waals surface area contributed by atoms with Gasteiger partial charge in [0.15, 0.2) is 19.8 Å². The van der Waals surface area contributed by atoms with Crippen molar-refractivity contribution in [3.05, 3.63) is 17.7 Å². The topological polar surface area (TPSA) is 110 Å². The molecule has 10 heteroatoms. The zero-order valence-corrected chi connectivity index (χ0v) is 21.7.